The van der Waals surface area contributed by atoms with E-state index in [1.54, 1.807) is 6.92 Å². The van der Waals surface area contributed by atoms with Crippen molar-refractivity contribution in [1.82, 2.24) is 9.55 Å². The first-order chi connectivity index (χ1) is 9.49. The molecule has 0 unspecified atom stereocenters. The summed E-state index contributed by atoms with van der Waals surface area (Å²) in [6, 6.07) is 5.59. The third-order valence-corrected chi connectivity index (χ3v) is 2.61. The molecule has 1 aromatic carbocycles. The lowest BCUT2D eigenvalue weighted by atomic mass is 10.3. The first-order valence-corrected chi connectivity index (χ1v) is 5.53. The van der Waals surface area contributed by atoms with Crippen LogP contribution in [0.4, 0.5) is 11.5 Å². The molecule has 2 rings (SSSR count). The maximum atomic E-state index is 10.8. The summed E-state index contributed by atoms with van der Waals surface area (Å²) in [5.74, 6) is 0.469. The molecule has 2 aromatic rings. The van der Waals surface area contributed by atoms with E-state index >= 15 is 0 Å². The van der Waals surface area contributed by atoms with Crippen molar-refractivity contribution in [2.24, 2.45) is 0 Å². The number of rotatable bonds is 5. The highest BCUT2D eigenvalue weighted by Gasteiger charge is 2.17. The Kier molecular flexibility index (Phi) is 3.60. The number of benzene rings is 1. The predicted octanol–water partition coefficient (Wildman–Crippen LogP) is 2.04. The van der Waals surface area contributed by atoms with E-state index in [4.69, 9.17) is 4.74 Å². The Morgan fingerprint density at radius 1 is 1.30 bits per heavy atom. The molecule has 0 radical (unpaired) electrons. The van der Waals surface area contributed by atoms with Crippen molar-refractivity contribution in [3.63, 3.8) is 0 Å². The highest BCUT2D eigenvalue weighted by molar-refractivity contribution is 5.37. The van der Waals surface area contributed by atoms with E-state index < -0.39 is 9.85 Å². The second kappa shape index (κ2) is 5.34. The van der Waals surface area contributed by atoms with Gasteiger partial charge in [-0.15, -0.1) is 0 Å². The summed E-state index contributed by atoms with van der Waals surface area (Å²) in [5, 5.41) is 21.4. The Labute approximate surface area is 112 Å². The van der Waals surface area contributed by atoms with Gasteiger partial charge in [0.1, 0.15) is 11.9 Å². The Hall–Kier alpha value is -2.97. The van der Waals surface area contributed by atoms with Gasteiger partial charge in [-0.2, -0.15) is 4.57 Å². The van der Waals surface area contributed by atoms with E-state index in [0.717, 1.165) is 6.20 Å². The maximum Gasteiger partial charge on any atom is 0.345 e. The average molecular weight is 278 g/mol. The number of nitro groups is 2. The highest BCUT2D eigenvalue weighted by Crippen LogP contribution is 2.20. The van der Waals surface area contributed by atoms with Gasteiger partial charge in [-0.25, -0.2) is 4.98 Å². The lowest BCUT2D eigenvalue weighted by Crippen LogP contribution is -2.10. The Morgan fingerprint density at radius 3 is 2.70 bits per heavy atom. The van der Waals surface area contributed by atoms with Crippen LogP contribution < -0.4 is 4.74 Å². The molecule has 0 atom stereocenters. The van der Waals surface area contributed by atoms with Crippen molar-refractivity contribution in [2.75, 3.05) is 0 Å². The standard InChI is InChI=1S/C11H10N4O5/c1-8-12-6-11(15(18)19)13(8)7-20-10-4-2-3-9(5-10)14(16)17/h2-6H,7H2,1H3. The van der Waals surface area contributed by atoms with Crippen LogP contribution in [-0.2, 0) is 6.73 Å². The molecule has 0 amide bonds. The zero-order chi connectivity index (χ0) is 14.7. The van der Waals surface area contributed by atoms with E-state index in [2.05, 4.69) is 4.98 Å². The smallest absolute Gasteiger partial charge is 0.345 e. The number of nitrogens with zero attached hydrogens (tertiary/aromatic N) is 4. The van der Waals surface area contributed by atoms with Gasteiger partial charge < -0.3 is 14.9 Å². The number of hydrogen-bond acceptors (Lipinski definition) is 6. The van der Waals surface area contributed by atoms with Crippen LogP contribution >= 0.6 is 0 Å². The van der Waals surface area contributed by atoms with Crippen LogP contribution in [0.25, 0.3) is 0 Å². The van der Waals surface area contributed by atoms with Crippen molar-refractivity contribution in [2.45, 2.75) is 13.7 Å². The highest BCUT2D eigenvalue weighted by atomic mass is 16.6. The van der Waals surface area contributed by atoms with Crippen molar-refractivity contribution >= 4 is 11.5 Å². The lowest BCUT2D eigenvalue weighted by molar-refractivity contribution is -0.392. The molecule has 1 aromatic heterocycles. The summed E-state index contributed by atoms with van der Waals surface area (Å²) in [4.78, 5) is 24.1. The van der Waals surface area contributed by atoms with Crippen LogP contribution in [0.3, 0.4) is 0 Å². The van der Waals surface area contributed by atoms with Gasteiger partial charge in [0, 0.05) is 13.0 Å². The van der Waals surface area contributed by atoms with Gasteiger partial charge in [0.25, 0.3) is 5.69 Å². The monoisotopic (exact) mass is 278 g/mol. The molecule has 0 aliphatic carbocycles. The SMILES string of the molecule is Cc1ncc([N+](=O)[O-])n1COc1cccc([N+](=O)[O-])c1. The molecule has 104 valence electrons. The number of imidazole rings is 1. The van der Waals surface area contributed by atoms with Crippen LogP contribution in [0, 0.1) is 27.2 Å². The number of aryl methyl sites for hydroxylation is 1. The van der Waals surface area contributed by atoms with Crippen LogP contribution in [0.5, 0.6) is 5.75 Å². The molecule has 0 aliphatic rings. The number of aromatic nitrogens is 2. The molecule has 0 saturated carbocycles. The van der Waals surface area contributed by atoms with Gasteiger partial charge in [0.15, 0.2) is 5.82 Å². The second-order valence-corrected chi connectivity index (χ2v) is 3.88. The van der Waals surface area contributed by atoms with Crippen LogP contribution in [-0.4, -0.2) is 19.4 Å². The summed E-state index contributed by atoms with van der Waals surface area (Å²) in [6.07, 6.45) is 1.13. The average Bonchev–Trinajstić information content (AvgIpc) is 2.78. The fourth-order valence-electron chi connectivity index (χ4n) is 1.59. The van der Waals surface area contributed by atoms with E-state index in [0.29, 0.717) is 5.82 Å². The minimum Gasteiger partial charge on any atom is -0.454 e. The van der Waals surface area contributed by atoms with Crippen LogP contribution in [0.1, 0.15) is 5.82 Å². The Balaban J connectivity index is 2.17. The molecule has 0 saturated heterocycles. The molecular weight excluding hydrogens is 268 g/mol. The summed E-state index contributed by atoms with van der Waals surface area (Å²) in [6.45, 7) is 1.45. The van der Waals surface area contributed by atoms with Crippen molar-refractivity contribution in [3.8, 4) is 5.75 Å². The molecule has 0 N–H and O–H groups in total. The molecule has 1 heterocycles. The van der Waals surface area contributed by atoms with Crippen molar-refractivity contribution in [1.29, 1.82) is 0 Å². The summed E-state index contributed by atoms with van der Waals surface area (Å²) >= 11 is 0. The molecule has 20 heavy (non-hydrogen) atoms. The zero-order valence-electron chi connectivity index (χ0n) is 10.4. The molecule has 9 nitrogen and oxygen atoms in total. The van der Waals surface area contributed by atoms with Gasteiger partial charge in [0.2, 0.25) is 6.73 Å². The lowest BCUT2D eigenvalue weighted by Gasteiger charge is -2.05. The number of nitro benzene ring substituents is 1. The third kappa shape index (κ3) is 2.71. The first-order valence-electron chi connectivity index (χ1n) is 5.53. The summed E-state index contributed by atoms with van der Waals surface area (Å²) in [7, 11) is 0. The number of non-ortho nitro benzene ring substituents is 1. The molecule has 0 bridgehead atoms. The second-order valence-electron chi connectivity index (χ2n) is 3.88. The van der Waals surface area contributed by atoms with Crippen LogP contribution in [0.15, 0.2) is 30.5 Å². The molecule has 0 fully saturated rings. The van der Waals surface area contributed by atoms with Gasteiger partial charge in [-0.3, -0.25) is 10.1 Å². The van der Waals surface area contributed by atoms with E-state index in [9.17, 15) is 20.2 Å². The Morgan fingerprint density at radius 2 is 2.05 bits per heavy atom. The number of hydrogen-bond donors (Lipinski definition) is 0. The summed E-state index contributed by atoms with van der Waals surface area (Å²) < 4.78 is 6.59. The van der Waals surface area contributed by atoms with Gasteiger partial charge in [-0.1, -0.05) is 6.07 Å². The van der Waals surface area contributed by atoms with Gasteiger partial charge in [0.05, 0.1) is 11.0 Å². The predicted molar refractivity (Wildman–Crippen MR) is 67.3 cm³/mol. The quantitative estimate of drug-likeness (QED) is 0.610. The van der Waals surface area contributed by atoms with Crippen molar-refractivity contribution < 1.29 is 14.6 Å². The molecular formula is C11H10N4O5. The largest absolute Gasteiger partial charge is 0.454 e. The van der Waals surface area contributed by atoms with Crippen molar-refractivity contribution in [3.05, 3.63) is 56.5 Å². The first kappa shape index (κ1) is 13.5. The van der Waals surface area contributed by atoms with Gasteiger partial charge in [-0.05, 0) is 11.0 Å². The van der Waals surface area contributed by atoms with E-state index in [1.165, 1.54) is 28.8 Å². The molecule has 0 spiro atoms. The van der Waals surface area contributed by atoms with Crippen LogP contribution in [0.2, 0.25) is 0 Å². The molecule has 9 heteroatoms. The fourth-order valence-corrected chi connectivity index (χ4v) is 1.59. The van der Waals surface area contributed by atoms with Gasteiger partial charge >= 0.3 is 5.82 Å². The summed E-state index contributed by atoms with van der Waals surface area (Å²) in [5.41, 5.74) is -0.112. The maximum absolute atomic E-state index is 10.8. The number of ether oxygens (including phenoxy) is 1. The minimum absolute atomic E-state index is 0.112. The van der Waals surface area contributed by atoms with E-state index in [-0.39, 0.29) is 24.0 Å². The fraction of sp³-hybridized carbons (Fsp3) is 0.182. The zero-order valence-corrected chi connectivity index (χ0v) is 10.4. The topological polar surface area (TPSA) is 113 Å². The molecule has 0 aliphatic heterocycles. The van der Waals surface area contributed by atoms with E-state index in [1.807, 2.05) is 0 Å². The minimum atomic E-state index is -0.573. The normalized spacial score (nSPS) is 10.2. The third-order valence-electron chi connectivity index (χ3n) is 2.61. The Bertz CT molecular complexity index is 667.